The first-order valence-corrected chi connectivity index (χ1v) is 11.6. The van der Waals surface area contributed by atoms with E-state index in [1.54, 1.807) is 18.2 Å². The molecule has 2 aliphatic rings. The molecule has 10 nitrogen and oxygen atoms in total. The molecule has 36 heavy (non-hydrogen) atoms. The number of hydrogen-bond acceptors (Lipinski definition) is 9. The predicted molar refractivity (Wildman–Crippen MR) is 128 cm³/mol. The number of alkyl halides is 1. The van der Waals surface area contributed by atoms with Gasteiger partial charge in [-0.25, -0.2) is 14.4 Å². The van der Waals surface area contributed by atoms with Crippen LogP contribution in [0, 0.1) is 11.3 Å². The molecule has 5 rings (SSSR count). The van der Waals surface area contributed by atoms with Gasteiger partial charge in [-0.3, -0.25) is 4.79 Å². The lowest BCUT2D eigenvalue weighted by atomic mass is 10.0. The molecule has 1 unspecified atom stereocenters. The van der Waals surface area contributed by atoms with E-state index in [2.05, 4.69) is 43.8 Å². The van der Waals surface area contributed by atoms with Crippen LogP contribution in [-0.4, -0.2) is 62.8 Å². The van der Waals surface area contributed by atoms with Gasteiger partial charge in [0.15, 0.2) is 12.0 Å². The number of aliphatic hydroxyl groups is 1. The molecule has 0 bridgehead atoms. The van der Waals surface area contributed by atoms with Crippen LogP contribution >= 0.6 is 0 Å². The molecule has 184 valence electrons. The van der Waals surface area contributed by atoms with Crippen LogP contribution in [-0.2, 0) is 17.9 Å². The molecule has 11 heteroatoms. The van der Waals surface area contributed by atoms with Crippen molar-refractivity contribution in [2.24, 2.45) is 0 Å². The number of amides is 1. The van der Waals surface area contributed by atoms with Crippen molar-refractivity contribution in [2.75, 3.05) is 25.0 Å². The quantitative estimate of drug-likeness (QED) is 0.475. The van der Waals surface area contributed by atoms with Crippen molar-refractivity contribution < 1.29 is 19.0 Å². The maximum atomic E-state index is 14.6. The molecule has 0 aliphatic carbocycles. The molecule has 0 radical (unpaired) electrons. The van der Waals surface area contributed by atoms with Crippen LogP contribution in [0.15, 0.2) is 42.7 Å². The Hall–Kier alpha value is -4.14. The second kappa shape index (κ2) is 10.2. The second-order valence-corrected chi connectivity index (χ2v) is 8.63. The van der Waals surface area contributed by atoms with Crippen molar-refractivity contribution in [1.82, 2.24) is 25.2 Å². The van der Waals surface area contributed by atoms with Crippen LogP contribution in [0.5, 0.6) is 5.75 Å². The summed E-state index contributed by atoms with van der Waals surface area (Å²) in [6.45, 7) is 1.14. The highest BCUT2D eigenvalue weighted by Gasteiger charge is 2.33. The number of rotatable bonds is 6. The number of nitrogens with one attached hydrogen (secondary N) is 2. The number of aliphatic hydroxyl groups excluding tert-OH is 1. The largest absolute Gasteiger partial charge is 0.486 e. The molecule has 1 aromatic heterocycles. The van der Waals surface area contributed by atoms with Crippen LogP contribution in [0.2, 0.25) is 0 Å². The van der Waals surface area contributed by atoms with Gasteiger partial charge in [0.05, 0.1) is 12.1 Å². The summed E-state index contributed by atoms with van der Waals surface area (Å²) in [6.07, 6.45) is -0.597. The zero-order valence-electron chi connectivity index (χ0n) is 19.3. The zero-order chi connectivity index (χ0) is 25.1. The third-order valence-corrected chi connectivity index (χ3v) is 6.27. The summed E-state index contributed by atoms with van der Waals surface area (Å²) in [5.74, 6) is 0.472. The molecule has 1 fully saturated rings. The number of nitrogens with zero attached hydrogens (tertiary/aromatic N) is 5. The van der Waals surface area contributed by atoms with Gasteiger partial charge in [0, 0.05) is 37.3 Å². The van der Waals surface area contributed by atoms with Crippen LogP contribution in [0.3, 0.4) is 0 Å². The Bertz CT molecular complexity index is 1330. The number of ether oxygens (including phenoxy) is 1. The molecule has 1 amide bonds. The van der Waals surface area contributed by atoms with E-state index in [4.69, 9.17) is 9.84 Å². The average molecular weight is 490 g/mol. The van der Waals surface area contributed by atoms with Gasteiger partial charge in [0.2, 0.25) is 11.9 Å². The van der Waals surface area contributed by atoms with Gasteiger partial charge in [-0.1, -0.05) is 6.07 Å². The summed E-state index contributed by atoms with van der Waals surface area (Å²) < 4.78 is 20.4. The first kappa shape index (κ1) is 23.6. The van der Waals surface area contributed by atoms with Crippen LogP contribution in [0.4, 0.5) is 16.0 Å². The molecule has 3 heterocycles. The summed E-state index contributed by atoms with van der Waals surface area (Å²) in [5.41, 5.74) is 4.16. The minimum Gasteiger partial charge on any atom is -0.486 e. The van der Waals surface area contributed by atoms with Crippen molar-refractivity contribution in [3.05, 3.63) is 59.4 Å². The van der Waals surface area contributed by atoms with Gasteiger partial charge in [0.25, 0.3) is 0 Å². The number of hydrogen-bond donors (Lipinski definition) is 3. The fourth-order valence-electron chi connectivity index (χ4n) is 4.36. The Labute approximate surface area is 206 Å². The first-order valence-electron chi connectivity index (χ1n) is 11.6. The molecular formula is C25H24FN7O3. The van der Waals surface area contributed by atoms with Gasteiger partial charge < -0.3 is 25.4 Å². The second-order valence-electron chi connectivity index (χ2n) is 8.63. The lowest BCUT2D eigenvalue weighted by molar-refractivity contribution is -0.138. The monoisotopic (exact) mass is 489 g/mol. The number of nitriles is 1. The fraction of sp³-hybridized carbons (Fsp3) is 0.320. The van der Waals surface area contributed by atoms with Gasteiger partial charge in [-0.15, -0.1) is 0 Å². The molecule has 3 aromatic rings. The fourth-order valence-corrected chi connectivity index (χ4v) is 4.36. The van der Waals surface area contributed by atoms with E-state index >= 15 is 0 Å². The number of benzene rings is 2. The van der Waals surface area contributed by atoms with E-state index in [0.717, 1.165) is 18.8 Å². The molecule has 2 aromatic carbocycles. The maximum Gasteiger partial charge on any atom is 0.248 e. The summed E-state index contributed by atoms with van der Waals surface area (Å²) in [6, 6.07) is 13.1. The van der Waals surface area contributed by atoms with Crippen molar-refractivity contribution in [2.45, 2.75) is 31.8 Å². The molecule has 2 atom stereocenters. The number of carbonyl (C=O) groups excluding carboxylic acids is 1. The number of anilines is 2. The number of piperidine rings is 1. The highest BCUT2D eigenvalue weighted by molar-refractivity contribution is 5.77. The maximum absolute atomic E-state index is 14.6. The number of carbonyl (C=O) groups is 1. The zero-order valence-corrected chi connectivity index (χ0v) is 19.3. The topological polar surface area (TPSA) is 136 Å². The number of halogens is 1. The van der Waals surface area contributed by atoms with E-state index in [0.29, 0.717) is 17.3 Å². The standard InChI is InChI=1S/C25H24FN7O3/c26-20-12-33(23(35)13-34)6-5-22(20)36-21-4-2-15(7-17(21)9-27)24-29-14-30-25(32-24)31-19-3-1-16-10-28-11-18(16)8-19/h1-4,7-8,14,20,22,28,34H,5-6,10-13H2,(H,29,30,31,32)/t20?,22-/m0/s1. The number of aromatic nitrogens is 3. The average Bonchev–Trinajstić information content (AvgIpc) is 3.37. The van der Waals surface area contributed by atoms with Crippen molar-refractivity contribution in [1.29, 1.82) is 5.26 Å². The van der Waals surface area contributed by atoms with E-state index in [1.807, 2.05) is 6.07 Å². The van der Waals surface area contributed by atoms with E-state index in [-0.39, 0.29) is 30.8 Å². The Kier molecular flexibility index (Phi) is 6.71. The summed E-state index contributed by atoms with van der Waals surface area (Å²) in [5, 5.41) is 25.2. The van der Waals surface area contributed by atoms with Gasteiger partial charge in [0.1, 0.15) is 30.9 Å². The molecule has 1 saturated heterocycles. The van der Waals surface area contributed by atoms with Gasteiger partial charge in [-0.05, 0) is 41.5 Å². The summed E-state index contributed by atoms with van der Waals surface area (Å²) in [7, 11) is 0. The number of fused-ring (bicyclic) bond motifs is 1. The SMILES string of the molecule is N#Cc1cc(-c2ncnc(Nc3ccc4c(c3)CNC4)n2)ccc1O[C@H]1CCN(C(=O)CO)CC1F. The Morgan fingerprint density at radius 1 is 1.25 bits per heavy atom. The van der Waals surface area contributed by atoms with E-state index in [9.17, 15) is 14.4 Å². The van der Waals surface area contributed by atoms with Gasteiger partial charge in [-0.2, -0.15) is 10.2 Å². The minimum atomic E-state index is -1.44. The summed E-state index contributed by atoms with van der Waals surface area (Å²) in [4.78, 5) is 25.8. The molecule has 3 N–H and O–H groups in total. The van der Waals surface area contributed by atoms with E-state index in [1.165, 1.54) is 22.4 Å². The lowest BCUT2D eigenvalue weighted by Gasteiger charge is -2.34. The number of likely N-dealkylation sites (tertiary alicyclic amines) is 1. The Morgan fingerprint density at radius 3 is 2.92 bits per heavy atom. The Balaban J connectivity index is 1.30. The Morgan fingerprint density at radius 2 is 2.11 bits per heavy atom. The van der Waals surface area contributed by atoms with E-state index < -0.39 is 24.8 Å². The third-order valence-electron chi connectivity index (χ3n) is 6.27. The molecule has 0 saturated carbocycles. The summed E-state index contributed by atoms with van der Waals surface area (Å²) >= 11 is 0. The highest BCUT2D eigenvalue weighted by atomic mass is 19.1. The van der Waals surface area contributed by atoms with Crippen molar-refractivity contribution in [3.63, 3.8) is 0 Å². The smallest absolute Gasteiger partial charge is 0.248 e. The molecule has 2 aliphatic heterocycles. The first-order chi connectivity index (χ1) is 17.5. The van der Waals surface area contributed by atoms with Gasteiger partial charge >= 0.3 is 0 Å². The van der Waals surface area contributed by atoms with Crippen molar-refractivity contribution in [3.8, 4) is 23.2 Å². The minimum absolute atomic E-state index is 0.161. The third kappa shape index (κ3) is 4.95. The molecular weight excluding hydrogens is 465 g/mol. The van der Waals surface area contributed by atoms with Crippen LogP contribution in [0.25, 0.3) is 11.4 Å². The highest BCUT2D eigenvalue weighted by Crippen LogP contribution is 2.29. The predicted octanol–water partition coefficient (Wildman–Crippen LogP) is 2.07. The molecule has 0 spiro atoms. The lowest BCUT2D eigenvalue weighted by Crippen LogP contribution is -2.50. The van der Waals surface area contributed by atoms with Crippen LogP contribution in [0.1, 0.15) is 23.1 Å². The van der Waals surface area contributed by atoms with Crippen LogP contribution < -0.4 is 15.4 Å². The van der Waals surface area contributed by atoms with Crippen molar-refractivity contribution >= 4 is 17.5 Å². The normalized spacial score (nSPS) is 18.9.